The van der Waals surface area contributed by atoms with Crippen LogP contribution in [0.15, 0.2) is 12.3 Å². The number of nitrogens with zero attached hydrogens (tertiary/aromatic N) is 1. The quantitative estimate of drug-likeness (QED) is 0.799. The Morgan fingerprint density at radius 3 is 2.71 bits per heavy atom. The third-order valence-corrected chi connectivity index (χ3v) is 2.26. The van der Waals surface area contributed by atoms with E-state index in [2.05, 4.69) is 11.9 Å². The van der Waals surface area contributed by atoms with Crippen molar-refractivity contribution in [1.82, 2.24) is 4.98 Å². The van der Waals surface area contributed by atoms with Crippen molar-refractivity contribution in [1.29, 1.82) is 0 Å². The smallest absolute Gasteiger partial charge is 0.213 e. The molecule has 3 nitrogen and oxygen atoms in total. The van der Waals surface area contributed by atoms with Crippen molar-refractivity contribution in [2.24, 2.45) is 5.73 Å². The SMILES string of the molecule is CCOc1cc(C)c([C@@H](N)CC)cn1. The molecule has 0 aliphatic carbocycles. The van der Waals surface area contributed by atoms with Crippen LogP contribution in [0.2, 0.25) is 0 Å². The zero-order valence-electron chi connectivity index (χ0n) is 9.08. The van der Waals surface area contributed by atoms with Crippen LogP contribution in [-0.4, -0.2) is 11.6 Å². The summed E-state index contributed by atoms with van der Waals surface area (Å²) in [6, 6.07) is 2.02. The predicted molar refractivity (Wildman–Crippen MR) is 57.4 cm³/mol. The highest BCUT2D eigenvalue weighted by Crippen LogP contribution is 2.20. The Morgan fingerprint density at radius 1 is 1.50 bits per heavy atom. The molecule has 78 valence electrons. The van der Waals surface area contributed by atoms with Crippen molar-refractivity contribution in [3.8, 4) is 5.88 Å². The van der Waals surface area contributed by atoms with Crippen LogP contribution in [0, 0.1) is 6.92 Å². The van der Waals surface area contributed by atoms with Crippen LogP contribution in [0.5, 0.6) is 5.88 Å². The van der Waals surface area contributed by atoms with E-state index in [1.54, 1.807) is 0 Å². The highest BCUT2D eigenvalue weighted by atomic mass is 16.5. The monoisotopic (exact) mass is 194 g/mol. The van der Waals surface area contributed by atoms with Crippen molar-refractivity contribution in [2.75, 3.05) is 6.61 Å². The largest absolute Gasteiger partial charge is 0.478 e. The maximum absolute atomic E-state index is 5.94. The van der Waals surface area contributed by atoms with Crippen LogP contribution in [0.3, 0.4) is 0 Å². The lowest BCUT2D eigenvalue weighted by molar-refractivity contribution is 0.326. The first kappa shape index (κ1) is 11.0. The van der Waals surface area contributed by atoms with Gasteiger partial charge in [0.1, 0.15) is 0 Å². The Hall–Kier alpha value is -1.09. The van der Waals surface area contributed by atoms with Gasteiger partial charge in [-0.15, -0.1) is 0 Å². The molecule has 0 saturated carbocycles. The molecular formula is C11H18N2O. The fraction of sp³-hybridized carbons (Fsp3) is 0.545. The van der Waals surface area contributed by atoms with Crippen molar-refractivity contribution in [2.45, 2.75) is 33.2 Å². The number of pyridine rings is 1. The lowest BCUT2D eigenvalue weighted by Gasteiger charge is -2.12. The second-order valence-electron chi connectivity index (χ2n) is 3.33. The molecule has 0 unspecified atom stereocenters. The molecule has 0 spiro atoms. The van der Waals surface area contributed by atoms with E-state index in [1.807, 2.05) is 26.1 Å². The van der Waals surface area contributed by atoms with Crippen LogP contribution >= 0.6 is 0 Å². The third kappa shape index (κ3) is 2.45. The van der Waals surface area contributed by atoms with E-state index in [9.17, 15) is 0 Å². The average Bonchev–Trinajstić information content (AvgIpc) is 2.17. The number of rotatable bonds is 4. The first-order valence-corrected chi connectivity index (χ1v) is 5.04. The van der Waals surface area contributed by atoms with Gasteiger partial charge in [0.25, 0.3) is 0 Å². The van der Waals surface area contributed by atoms with Gasteiger partial charge < -0.3 is 10.5 Å². The van der Waals surface area contributed by atoms with Gasteiger partial charge >= 0.3 is 0 Å². The van der Waals surface area contributed by atoms with Gasteiger partial charge in [0.05, 0.1) is 6.61 Å². The summed E-state index contributed by atoms with van der Waals surface area (Å²) in [5.74, 6) is 0.678. The molecule has 0 fully saturated rings. The normalized spacial score (nSPS) is 12.6. The summed E-state index contributed by atoms with van der Waals surface area (Å²) in [6.07, 6.45) is 2.74. The lowest BCUT2D eigenvalue weighted by Crippen LogP contribution is -2.11. The summed E-state index contributed by atoms with van der Waals surface area (Å²) in [7, 11) is 0. The number of aromatic nitrogens is 1. The van der Waals surface area contributed by atoms with Gasteiger partial charge in [-0.25, -0.2) is 4.98 Å². The zero-order chi connectivity index (χ0) is 10.6. The van der Waals surface area contributed by atoms with Gasteiger partial charge in [-0.2, -0.15) is 0 Å². The highest BCUT2D eigenvalue weighted by molar-refractivity contribution is 5.30. The molecule has 1 heterocycles. The van der Waals surface area contributed by atoms with E-state index in [0.717, 1.165) is 17.5 Å². The molecule has 1 aromatic rings. The molecule has 1 aromatic heterocycles. The number of ether oxygens (including phenoxy) is 1. The van der Waals surface area contributed by atoms with Gasteiger partial charge in [-0.3, -0.25) is 0 Å². The van der Waals surface area contributed by atoms with Gasteiger partial charge in [-0.05, 0) is 31.4 Å². The summed E-state index contributed by atoms with van der Waals surface area (Å²) < 4.78 is 5.30. The van der Waals surface area contributed by atoms with Crippen molar-refractivity contribution in [3.05, 3.63) is 23.4 Å². The van der Waals surface area contributed by atoms with Crippen molar-refractivity contribution >= 4 is 0 Å². The second kappa shape index (κ2) is 4.96. The number of hydrogen-bond donors (Lipinski definition) is 1. The van der Waals surface area contributed by atoms with E-state index in [4.69, 9.17) is 10.5 Å². The fourth-order valence-corrected chi connectivity index (χ4v) is 1.38. The molecule has 2 N–H and O–H groups in total. The summed E-state index contributed by atoms with van der Waals surface area (Å²) in [5.41, 5.74) is 8.20. The Labute approximate surface area is 85.3 Å². The summed E-state index contributed by atoms with van der Waals surface area (Å²) in [5, 5.41) is 0. The Morgan fingerprint density at radius 2 is 2.21 bits per heavy atom. The lowest BCUT2D eigenvalue weighted by atomic mass is 10.0. The Balaban J connectivity index is 2.89. The molecule has 0 radical (unpaired) electrons. The minimum Gasteiger partial charge on any atom is -0.478 e. The minimum atomic E-state index is 0.0816. The van der Waals surface area contributed by atoms with Crippen LogP contribution < -0.4 is 10.5 Å². The van der Waals surface area contributed by atoms with Crippen LogP contribution in [0.4, 0.5) is 0 Å². The highest BCUT2D eigenvalue weighted by Gasteiger charge is 2.08. The van der Waals surface area contributed by atoms with Gasteiger partial charge in [0.2, 0.25) is 5.88 Å². The molecule has 0 saturated heterocycles. The van der Waals surface area contributed by atoms with Gasteiger partial charge in [0.15, 0.2) is 0 Å². The topological polar surface area (TPSA) is 48.1 Å². The van der Waals surface area contributed by atoms with E-state index >= 15 is 0 Å². The fourth-order valence-electron chi connectivity index (χ4n) is 1.38. The molecular weight excluding hydrogens is 176 g/mol. The predicted octanol–water partition coefficient (Wildman–Crippen LogP) is 2.20. The van der Waals surface area contributed by atoms with E-state index < -0.39 is 0 Å². The molecule has 0 bridgehead atoms. The standard InChI is InChI=1S/C11H18N2O/c1-4-10(12)9-7-13-11(14-5-2)6-8(9)3/h6-7,10H,4-5,12H2,1-3H3/t10-/m0/s1. The first-order chi connectivity index (χ1) is 6.69. The van der Waals surface area contributed by atoms with Crippen LogP contribution in [-0.2, 0) is 0 Å². The number of aryl methyl sites for hydroxylation is 1. The third-order valence-electron chi connectivity index (χ3n) is 2.26. The van der Waals surface area contributed by atoms with E-state index in [1.165, 1.54) is 0 Å². The van der Waals surface area contributed by atoms with Crippen LogP contribution in [0.25, 0.3) is 0 Å². The average molecular weight is 194 g/mol. The molecule has 0 aromatic carbocycles. The van der Waals surface area contributed by atoms with Gasteiger partial charge in [0, 0.05) is 18.3 Å². The molecule has 0 amide bonds. The van der Waals surface area contributed by atoms with Crippen LogP contribution in [0.1, 0.15) is 37.4 Å². The number of nitrogens with two attached hydrogens (primary N) is 1. The Kier molecular flexibility index (Phi) is 3.89. The second-order valence-corrected chi connectivity index (χ2v) is 3.33. The molecule has 0 aliphatic rings. The molecule has 3 heteroatoms. The minimum absolute atomic E-state index is 0.0816. The zero-order valence-corrected chi connectivity index (χ0v) is 9.08. The molecule has 14 heavy (non-hydrogen) atoms. The summed E-state index contributed by atoms with van der Waals surface area (Å²) in [4.78, 5) is 4.20. The summed E-state index contributed by atoms with van der Waals surface area (Å²) in [6.45, 7) is 6.70. The van der Waals surface area contributed by atoms with Gasteiger partial charge in [-0.1, -0.05) is 6.92 Å². The van der Waals surface area contributed by atoms with Crippen molar-refractivity contribution in [3.63, 3.8) is 0 Å². The van der Waals surface area contributed by atoms with E-state index in [0.29, 0.717) is 12.5 Å². The van der Waals surface area contributed by atoms with Crippen molar-refractivity contribution < 1.29 is 4.74 Å². The Bertz CT molecular complexity index is 299. The molecule has 1 rings (SSSR count). The number of hydrogen-bond acceptors (Lipinski definition) is 3. The maximum Gasteiger partial charge on any atom is 0.213 e. The first-order valence-electron chi connectivity index (χ1n) is 5.04. The summed E-state index contributed by atoms with van der Waals surface area (Å²) >= 11 is 0. The molecule has 0 aliphatic heterocycles. The van der Waals surface area contributed by atoms with E-state index in [-0.39, 0.29) is 6.04 Å². The molecule has 1 atom stereocenters. The maximum atomic E-state index is 5.94.